The first-order valence-corrected chi connectivity index (χ1v) is 9.01. The average molecular weight is 395 g/mol. The number of amides is 1. The molecule has 1 amide bonds. The number of hydrogen-bond donors (Lipinski definition) is 1. The molecule has 3 rings (SSSR count). The molecule has 29 heavy (non-hydrogen) atoms. The largest absolute Gasteiger partial charge is 0.483 e. The fourth-order valence-corrected chi connectivity index (χ4v) is 2.71. The number of rotatable bonds is 5. The summed E-state index contributed by atoms with van der Waals surface area (Å²) in [4.78, 5) is 36.5. The fraction of sp³-hybridized carbons (Fsp3) is 0.227. The number of ether oxygens (including phenoxy) is 3. The van der Waals surface area contributed by atoms with Gasteiger partial charge in [-0.25, -0.2) is 9.59 Å². The summed E-state index contributed by atoms with van der Waals surface area (Å²) >= 11 is 0. The lowest BCUT2D eigenvalue weighted by Crippen LogP contribution is -2.41. The van der Waals surface area contributed by atoms with Crippen LogP contribution in [0.3, 0.4) is 0 Å². The highest BCUT2D eigenvalue weighted by atomic mass is 16.7. The minimum absolute atomic E-state index is 0.240. The van der Waals surface area contributed by atoms with E-state index >= 15 is 0 Å². The average Bonchev–Trinajstić information content (AvgIpc) is 2.65. The third kappa shape index (κ3) is 5.01. The predicted molar refractivity (Wildman–Crippen MR) is 106 cm³/mol. The number of aryl methyl sites for hydroxylation is 1. The molecule has 1 heterocycles. The Labute approximate surface area is 168 Å². The summed E-state index contributed by atoms with van der Waals surface area (Å²) in [5.74, 6) is -2.86. The summed E-state index contributed by atoms with van der Waals surface area (Å²) in [5, 5.41) is 2.78. The quantitative estimate of drug-likeness (QED) is 0.475. The molecule has 1 N–H and O–H groups in total. The zero-order valence-corrected chi connectivity index (χ0v) is 16.4. The molecule has 0 bridgehead atoms. The number of carbonyl (C=O) groups excluding carboxylic acids is 3. The molecular weight excluding hydrogens is 374 g/mol. The van der Waals surface area contributed by atoms with Crippen molar-refractivity contribution in [3.05, 3.63) is 65.2 Å². The first-order valence-electron chi connectivity index (χ1n) is 9.01. The van der Waals surface area contributed by atoms with Crippen molar-refractivity contribution in [3.63, 3.8) is 0 Å². The van der Waals surface area contributed by atoms with Crippen LogP contribution in [0.1, 0.15) is 25.0 Å². The summed E-state index contributed by atoms with van der Waals surface area (Å²) in [6.07, 6.45) is 1.33. The lowest BCUT2D eigenvalue weighted by molar-refractivity contribution is -0.222. The molecule has 1 saturated heterocycles. The zero-order valence-electron chi connectivity index (χ0n) is 16.4. The van der Waals surface area contributed by atoms with Crippen molar-refractivity contribution in [2.75, 3.05) is 11.9 Å². The number of benzene rings is 2. The highest BCUT2D eigenvalue weighted by molar-refractivity contribution is 6.19. The molecule has 7 nitrogen and oxygen atoms in total. The van der Waals surface area contributed by atoms with Gasteiger partial charge in [0, 0.05) is 25.1 Å². The Morgan fingerprint density at radius 1 is 1.03 bits per heavy atom. The van der Waals surface area contributed by atoms with E-state index in [9.17, 15) is 14.4 Å². The topological polar surface area (TPSA) is 90.9 Å². The number of esters is 2. The van der Waals surface area contributed by atoms with Crippen LogP contribution in [0.25, 0.3) is 6.08 Å². The second-order valence-electron chi connectivity index (χ2n) is 6.93. The van der Waals surface area contributed by atoms with Gasteiger partial charge in [0.2, 0.25) is 0 Å². The van der Waals surface area contributed by atoms with E-state index in [1.165, 1.54) is 19.9 Å². The van der Waals surface area contributed by atoms with Crippen molar-refractivity contribution in [2.24, 2.45) is 0 Å². The number of cyclic esters (lactones) is 2. The molecule has 0 unspecified atom stereocenters. The predicted octanol–water partition coefficient (Wildman–Crippen LogP) is 3.23. The SMILES string of the molecule is Cc1ccccc1NC(=O)COc1ccccc1C=C1C(=O)OC(C)(C)OC1=O. The van der Waals surface area contributed by atoms with Gasteiger partial charge in [-0.05, 0) is 30.7 Å². The first-order chi connectivity index (χ1) is 13.7. The molecule has 2 aromatic rings. The Morgan fingerprint density at radius 3 is 2.34 bits per heavy atom. The van der Waals surface area contributed by atoms with Crippen LogP contribution >= 0.6 is 0 Å². The lowest BCUT2D eigenvalue weighted by Gasteiger charge is -2.29. The van der Waals surface area contributed by atoms with E-state index in [4.69, 9.17) is 14.2 Å². The lowest BCUT2D eigenvalue weighted by atomic mass is 10.1. The summed E-state index contributed by atoms with van der Waals surface area (Å²) in [6.45, 7) is 4.60. The van der Waals surface area contributed by atoms with Crippen LogP contribution < -0.4 is 10.1 Å². The highest BCUT2D eigenvalue weighted by Crippen LogP contribution is 2.27. The molecule has 1 fully saturated rings. The van der Waals surface area contributed by atoms with Gasteiger partial charge in [-0.1, -0.05) is 36.4 Å². The van der Waals surface area contributed by atoms with Crippen LogP contribution in [0.5, 0.6) is 5.75 Å². The summed E-state index contributed by atoms with van der Waals surface area (Å²) in [7, 11) is 0. The van der Waals surface area contributed by atoms with E-state index in [1.54, 1.807) is 30.3 Å². The third-order valence-electron chi connectivity index (χ3n) is 4.11. The molecule has 0 atom stereocenters. The molecule has 0 radical (unpaired) electrons. The summed E-state index contributed by atoms with van der Waals surface area (Å²) in [6, 6.07) is 14.1. The van der Waals surface area contributed by atoms with Crippen molar-refractivity contribution in [2.45, 2.75) is 26.6 Å². The van der Waals surface area contributed by atoms with Crippen molar-refractivity contribution in [1.82, 2.24) is 0 Å². The molecule has 7 heteroatoms. The highest BCUT2D eigenvalue weighted by Gasteiger charge is 2.39. The Hall–Kier alpha value is -3.61. The normalized spacial score (nSPS) is 15.2. The Morgan fingerprint density at radius 2 is 1.66 bits per heavy atom. The number of anilines is 1. The number of carbonyl (C=O) groups is 3. The van der Waals surface area contributed by atoms with Gasteiger partial charge in [-0.2, -0.15) is 0 Å². The molecule has 0 aromatic heterocycles. The van der Waals surface area contributed by atoms with Gasteiger partial charge < -0.3 is 19.5 Å². The van der Waals surface area contributed by atoms with E-state index in [0.29, 0.717) is 17.0 Å². The van der Waals surface area contributed by atoms with Crippen LogP contribution in [-0.4, -0.2) is 30.2 Å². The number of hydrogen-bond acceptors (Lipinski definition) is 6. The molecular formula is C22H21NO6. The van der Waals surface area contributed by atoms with E-state index in [1.807, 2.05) is 25.1 Å². The van der Waals surface area contributed by atoms with Gasteiger partial charge in [0.25, 0.3) is 11.7 Å². The maximum atomic E-state index is 12.2. The smallest absolute Gasteiger partial charge is 0.348 e. The molecule has 0 spiro atoms. The van der Waals surface area contributed by atoms with Crippen LogP contribution in [0.2, 0.25) is 0 Å². The standard InChI is InChI=1S/C22H21NO6/c1-14-8-4-6-10-17(14)23-19(24)13-27-18-11-7-5-9-15(18)12-16-20(25)28-22(2,3)29-21(16)26/h4-12H,13H2,1-3H3,(H,23,24). The first kappa shape index (κ1) is 20.1. The maximum absolute atomic E-state index is 12.2. The summed E-state index contributed by atoms with van der Waals surface area (Å²) in [5.41, 5.74) is 1.83. The van der Waals surface area contributed by atoms with Gasteiger partial charge in [0.1, 0.15) is 11.3 Å². The molecule has 1 aliphatic rings. The van der Waals surface area contributed by atoms with Crippen molar-refractivity contribution < 1.29 is 28.6 Å². The van der Waals surface area contributed by atoms with Crippen LogP contribution in [-0.2, 0) is 23.9 Å². The third-order valence-corrected chi connectivity index (χ3v) is 4.11. The van der Waals surface area contributed by atoms with E-state index in [0.717, 1.165) is 5.56 Å². The van der Waals surface area contributed by atoms with Crippen molar-refractivity contribution >= 4 is 29.6 Å². The summed E-state index contributed by atoms with van der Waals surface area (Å²) < 4.78 is 15.8. The fourth-order valence-electron chi connectivity index (χ4n) is 2.71. The van der Waals surface area contributed by atoms with Crippen LogP contribution in [0.4, 0.5) is 5.69 Å². The van der Waals surface area contributed by atoms with Crippen LogP contribution in [0.15, 0.2) is 54.1 Å². The molecule has 1 aliphatic heterocycles. The van der Waals surface area contributed by atoms with Crippen LogP contribution in [0, 0.1) is 6.92 Å². The number of para-hydroxylation sites is 2. The minimum atomic E-state index is -1.31. The maximum Gasteiger partial charge on any atom is 0.348 e. The minimum Gasteiger partial charge on any atom is -0.483 e. The molecule has 0 saturated carbocycles. The van der Waals surface area contributed by atoms with Gasteiger partial charge in [0.05, 0.1) is 0 Å². The number of nitrogens with one attached hydrogen (secondary N) is 1. The second-order valence-corrected chi connectivity index (χ2v) is 6.93. The van der Waals surface area contributed by atoms with E-state index in [-0.39, 0.29) is 18.1 Å². The van der Waals surface area contributed by atoms with Gasteiger partial charge in [-0.3, -0.25) is 4.79 Å². The van der Waals surface area contributed by atoms with E-state index < -0.39 is 17.7 Å². The van der Waals surface area contributed by atoms with Gasteiger partial charge in [-0.15, -0.1) is 0 Å². The molecule has 0 aliphatic carbocycles. The molecule has 2 aromatic carbocycles. The van der Waals surface area contributed by atoms with Gasteiger partial charge in [0.15, 0.2) is 6.61 Å². The van der Waals surface area contributed by atoms with Crippen molar-refractivity contribution in [3.8, 4) is 5.75 Å². The Bertz CT molecular complexity index is 970. The molecule has 150 valence electrons. The Kier molecular flexibility index (Phi) is 5.68. The van der Waals surface area contributed by atoms with E-state index in [2.05, 4.69) is 5.32 Å². The van der Waals surface area contributed by atoms with Gasteiger partial charge >= 0.3 is 11.9 Å². The van der Waals surface area contributed by atoms with Crippen molar-refractivity contribution in [1.29, 1.82) is 0 Å². The Balaban J connectivity index is 1.73. The monoisotopic (exact) mass is 395 g/mol. The zero-order chi connectivity index (χ0) is 21.0. The second kappa shape index (κ2) is 8.18.